The van der Waals surface area contributed by atoms with Crippen LogP contribution in [0.15, 0.2) is 23.1 Å². The molecule has 2 N–H and O–H groups in total. The number of rotatable bonds is 4. The Morgan fingerprint density at radius 2 is 2.15 bits per heavy atom. The van der Waals surface area contributed by atoms with E-state index in [1.807, 2.05) is 6.92 Å². The minimum atomic E-state index is -3.53. The molecule has 0 aliphatic carbocycles. The van der Waals surface area contributed by atoms with Gasteiger partial charge in [-0.3, -0.25) is 0 Å². The van der Waals surface area contributed by atoms with Crippen LogP contribution in [0, 0.1) is 0 Å². The summed E-state index contributed by atoms with van der Waals surface area (Å²) in [6, 6.07) is 5.11. The van der Waals surface area contributed by atoms with E-state index in [1.165, 1.54) is 7.11 Å². The molecule has 0 amide bonds. The average molecular weight is 298 g/mol. The normalized spacial score (nSPS) is 20.9. The fourth-order valence-electron chi connectivity index (χ4n) is 2.60. The number of sulfonamides is 1. The fourth-order valence-corrected chi connectivity index (χ4v) is 4.51. The lowest BCUT2D eigenvalue weighted by Crippen LogP contribution is -2.42. The lowest BCUT2D eigenvalue weighted by atomic mass is 10.1. The van der Waals surface area contributed by atoms with Gasteiger partial charge in [0.25, 0.3) is 0 Å². The van der Waals surface area contributed by atoms with Crippen molar-refractivity contribution >= 4 is 10.0 Å². The first-order chi connectivity index (χ1) is 9.50. The van der Waals surface area contributed by atoms with Gasteiger partial charge < -0.3 is 10.5 Å². The molecule has 0 aromatic heterocycles. The molecule has 1 fully saturated rings. The van der Waals surface area contributed by atoms with E-state index in [0.29, 0.717) is 18.8 Å². The van der Waals surface area contributed by atoms with Gasteiger partial charge in [0.15, 0.2) is 0 Å². The zero-order valence-electron chi connectivity index (χ0n) is 12.0. The van der Waals surface area contributed by atoms with Crippen LogP contribution in [0.2, 0.25) is 0 Å². The summed E-state index contributed by atoms with van der Waals surface area (Å²) in [5.41, 5.74) is 6.40. The highest BCUT2D eigenvalue weighted by molar-refractivity contribution is 7.89. The third kappa shape index (κ3) is 2.82. The second kappa shape index (κ2) is 6.11. The molecule has 0 radical (unpaired) electrons. The first kappa shape index (κ1) is 15.3. The fraction of sp³-hybridized carbons (Fsp3) is 0.571. The molecule has 1 aliphatic heterocycles. The number of benzene rings is 1. The Morgan fingerprint density at radius 1 is 1.40 bits per heavy atom. The average Bonchev–Trinajstić information content (AvgIpc) is 2.46. The van der Waals surface area contributed by atoms with E-state index < -0.39 is 10.0 Å². The van der Waals surface area contributed by atoms with Crippen LogP contribution < -0.4 is 10.5 Å². The van der Waals surface area contributed by atoms with Gasteiger partial charge in [-0.25, -0.2) is 8.42 Å². The van der Waals surface area contributed by atoms with Crippen LogP contribution in [-0.4, -0.2) is 32.4 Å². The number of hydrogen-bond donors (Lipinski definition) is 1. The Kier molecular flexibility index (Phi) is 4.67. The second-order valence-electron chi connectivity index (χ2n) is 5.15. The zero-order chi connectivity index (χ0) is 14.8. The molecule has 1 aliphatic rings. The van der Waals surface area contributed by atoms with Gasteiger partial charge in [0, 0.05) is 19.1 Å². The molecule has 112 valence electrons. The van der Waals surface area contributed by atoms with Crippen LogP contribution in [0.25, 0.3) is 0 Å². The van der Waals surface area contributed by atoms with E-state index in [-0.39, 0.29) is 10.9 Å². The van der Waals surface area contributed by atoms with Crippen molar-refractivity contribution in [3.63, 3.8) is 0 Å². The molecule has 2 rings (SSSR count). The third-order valence-corrected chi connectivity index (χ3v) is 5.83. The van der Waals surface area contributed by atoms with E-state index in [2.05, 4.69) is 0 Å². The molecule has 0 bridgehead atoms. The number of ether oxygens (including phenoxy) is 1. The topological polar surface area (TPSA) is 72.6 Å². The van der Waals surface area contributed by atoms with Crippen molar-refractivity contribution in [2.24, 2.45) is 5.73 Å². The van der Waals surface area contributed by atoms with Crippen LogP contribution in [0.1, 0.15) is 31.7 Å². The van der Waals surface area contributed by atoms with E-state index in [9.17, 15) is 8.42 Å². The Hall–Kier alpha value is -1.11. The first-order valence-electron chi connectivity index (χ1n) is 6.89. The van der Waals surface area contributed by atoms with Crippen molar-refractivity contribution in [2.45, 2.75) is 43.7 Å². The molecular formula is C14H22N2O3S. The maximum Gasteiger partial charge on any atom is 0.247 e. The van der Waals surface area contributed by atoms with Gasteiger partial charge in [0.1, 0.15) is 10.6 Å². The molecule has 5 nitrogen and oxygen atoms in total. The number of nitrogens with two attached hydrogens (primary N) is 1. The smallest absolute Gasteiger partial charge is 0.247 e. The van der Waals surface area contributed by atoms with E-state index in [1.54, 1.807) is 22.5 Å². The Morgan fingerprint density at radius 3 is 2.75 bits per heavy atom. The molecule has 0 spiro atoms. The van der Waals surface area contributed by atoms with Crippen molar-refractivity contribution in [3.8, 4) is 5.75 Å². The van der Waals surface area contributed by atoms with E-state index in [0.717, 1.165) is 24.8 Å². The number of hydrogen-bond acceptors (Lipinski definition) is 4. The van der Waals surface area contributed by atoms with Gasteiger partial charge >= 0.3 is 0 Å². The minimum Gasteiger partial charge on any atom is -0.495 e. The second-order valence-corrected chi connectivity index (χ2v) is 7.01. The van der Waals surface area contributed by atoms with Crippen molar-refractivity contribution in [1.29, 1.82) is 0 Å². The summed E-state index contributed by atoms with van der Waals surface area (Å²) in [4.78, 5) is 0.219. The summed E-state index contributed by atoms with van der Waals surface area (Å²) in [5.74, 6) is 0.375. The number of piperidine rings is 1. The van der Waals surface area contributed by atoms with Crippen LogP contribution in [-0.2, 0) is 16.6 Å². The summed E-state index contributed by atoms with van der Waals surface area (Å²) in [7, 11) is -2.05. The molecular weight excluding hydrogens is 276 g/mol. The molecule has 1 heterocycles. The third-order valence-electron chi connectivity index (χ3n) is 3.79. The highest BCUT2D eigenvalue weighted by Gasteiger charge is 2.33. The van der Waals surface area contributed by atoms with Crippen LogP contribution >= 0.6 is 0 Å². The Balaban J connectivity index is 2.47. The predicted octanol–water partition coefficient (Wildman–Crippen LogP) is 1.72. The molecule has 1 aromatic carbocycles. The van der Waals surface area contributed by atoms with E-state index >= 15 is 0 Å². The van der Waals surface area contributed by atoms with E-state index in [4.69, 9.17) is 10.5 Å². The van der Waals surface area contributed by atoms with Gasteiger partial charge in [-0.1, -0.05) is 12.5 Å². The molecule has 20 heavy (non-hydrogen) atoms. The maximum atomic E-state index is 12.9. The van der Waals surface area contributed by atoms with Crippen molar-refractivity contribution < 1.29 is 13.2 Å². The van der Waals surface area contributed by atoms with Crippen molar-refractivity contribution in [3.05, 3.63) is 23.8 Å². The Bertz CT molecular complexity index is 572. The first-order valence-corrected chi connectivity index (χ1v) is 8.33. The van der Waals surface area contributed by atoms with Crippen molar-refractivity contribution in [1.82, 2.24) is 4.31 Å². The quantitative estimate of drug-likeness (QED) is 0.918. The van der Waals surface area contributed by atoms with Gasteiger partial charge in [-0.2, -0.15) is 4.31 Å². The summed E-state index contributed by atoms with van der Waals surface area (Å²) in [6.07, 6.45) is 2.88. The molecule has 1 saturated heterocycles. The molecule has 6 heteroatoms. The summed E-state index contributed by atoms with van der Waals surface area (Å²) in [5, 5.41) is 0. The highest BCUT2D eigenvalue weighted by atomic mass is 32.2. The lowest BCUT2D eigenvalue weighted by molar-refractivity contribution is 0.267. The summed E-state index contributed by atoms with van der Waals surface area (Å²) in [6.45, 7) is 2.83. The molecule has 1 aromatic rings. The highest BCUT2D eigenvalue weighted by Crippen LogP contribution is 2.31. The molecule has 1 unspecified atom stereocenters. The predicted molar refractivity (Wildman–Crippen MR) is 78.1 cm³/mol. The largest absolute Gasteiger partial charge is 0.495 e. The standard InChI is InChI=1S/C14H22N2O3S/c1-11-5-3-4-8-16(11)20(17,18)14-9-12(10-15)6-7-13(14)19-2/h6-7,9,11H,3-5,8,10,15H2,1-2H3. The monoisotopic (exact) mass is 298 g/mol. The minimum absolute atomic E-state index is 0.0278. The molecule has 1 atom stereocenters. The number of methoxy groups -OCH3 is 1. The number of nitrogens with zero attached hydrogens (tertiary/aromatic N) is 1. The van der Waals surface area contributed by atoms with Crippen LogP contribution in [0.4, 0.5) is 0 Å². The zero-order valence-corrected chi connectivity index (χ0v) is 12.8. The van der Waals surface area contributed by atoms with Gasteiger partial charge in [0.05, 0.1) is 7.11 Å². The Labute approximate surface area is 120 Å². The summed E-state index contributed by atoms with van der Waals surface area (Å²) < 4.78 is 32.5. The summed E-state index contributed by atoms with van der Waals surface area (Å²) >= 11 is 0. The SMILES string of the molecule is COc1ccc(CN)cc1S(=O)(=O)N1CCCCC1C. The van der Waals surface area contributed by atoms with Gasteiger partial charge in [-0.15, -0.1) is 0 Å². The van der Waals surface area contributed by atoms with Crippen molar-refractivity contribution in [2.75, 3.05) is 13.7 Å². The molecule has 0 saturated carbocycles. The van der Waals surface area contributed by atoms with Gasteiger partial charge in [-0.05, 0) is 37.5 Å². The van der Waals surface area contributed by atoms with Crippen LogP contribution in [0.5, 0.6) is 5.75 Å². The maximum absolute atomic E-state index is 12.9. The van der Waals surface area contributed by atoms with Crippen LogP contribution in [0.3, 0.4) is 0 Å². The lowest BCUT2D eigenvalue weighted by Gasteiger charge is -2.32. The van der Waals surface area contributed by atoms with Gasteiger partial charge in [0.2, 0.25) is 10.0 Å².